The van der Waals surface area contributed by atoms with Crippen molar-refractivity contribution < 1.29 is 9.13 Å². The van der Waals surface area contributed by atoms with Gasteiger partial charge in [-0.1, -0.05) is 0 Å². The first-order valence-corrected chi connectivity index (χ1v) is 4.93. The Morgan fingerprint density at radius 2 is 2.14 bits per heavy atom. The van der Waals surface area contributed by atoms with Gasteiger partial charge in [0.15, 0.2) is 0 Å². The smallest absolute Gasteiger partial charge is 0.128 e. The van der Waals surface area contributed by atoms with Crippen LogP contribution in [0.3, 0.4) is 0 Å². The predicted octanol–water partition coefficient (Wildman–Crippen LogP) is 2.80. The van der Waals surface area contributed by atoms with Crippen LogP contribution in [0.5, 0.6) is 5.75 Å². The average Bonchev–Trinajstić information content (AvgIpc) is 2.10. The SMILES string of the molecule is CNc1cc(F)cc(OC2CCC2)c1. The number of anilines is 1. The highest BCUT2D eigenvalue weighted by Crippen LogP contribution is 2.27. The van der Waals surface area contributed by atoms with Gasteiger partial charge in [0.05, 0.1) is 6.10 Å². The maximum Gasteiger partial charge on any atom is 0.128 e. The summed E-state index contributed by atoms with van der Waals surface area (Å²) in [7, 11) is 1.77. The van der Waals surface area contributed by atoms with Gasteiger partial charge in [-0.3, -0.25) is 0 Å². The average molecular weight is 195 g/mol. The van der Waals surface area contributed by atoms with Gasteiger partial charge in [-0.15, -0.1) is 0 Å². The monoisotopic (exact) mass is 195 g/mol. The molecule has 0 unspecified atom stereocenters. The Morgan fingerprint density at radius 1 is 1.36 bits per heavy atom. The Morgan fingerprint density at radius 3 is 2.71 bits per heavy atom. The number of hydrogen-bond acceptors (Lipinski definition) is 2. The first kappa shape index (κ1) is 9.31. The van der Waals surface area contributed by atoms with Gasteiger partial charge in [0.2, 0.25) is 0 Å². The van der Waals surface area contributed by atoms with E-state index in [1.165, 1.54) is 18.6 Å². The van der Waals surface area contributed by atoms with Gasteiger partial charge in [0, 0.05) is 24.9 Å². The van der Waals surface area contributed by atoms with Gasteiger partial charge in [-0.05, 0) is 25.3 Å². The molecular weight excluding hydrogens is 181 g/mol. The lowest BCUT2D eigenvalue weighted by Gasteiger charge is -2.26. The summed E-state index contributed by atoms with van der Waals surface area (Å²) in [6, 6.07) is 4.70. The van der Waals surface area contributed by atoms with Gasteiger partial charge >= 0.3 is 0 Å². The molecule has 0 radical (unpaired) electrons. The van der Waals surface area contributed by atoms with Crippen LogP contribution in [0, 0.1) is 5.82 Å². The number of halogens is 1. The highest BCUT2D eigenvalue weighted by molar-refractivity contribution is 5.48. The molecule has 2 rings (SSSR count). The normalized spacial score (nSPS) is 16.1. The summed E-state index contributed by atoms with van der Waals surface area (Å²) in [5.41, 5.74) is 0.749. The van der Waals surface area contributed by atoms with Crippen molar-refractivity contribution in [1.29, 1.82) is 0 Å². The van der Waals surface area contributed by atoms with E-state index in [-0.39, 0.29) is 5.82 Å². The zero-order valence-electron chi connectivity index (χ0n) is 8.22. The van der Waals surface area contributed by atoms with Gasteiger partial charge in [0.25, 0.3) is 0 Å². The number of rotatable bonds is 3. The first-order chi connectivity index (χ1) is 6.78. The second-order valence-corrected chi connectivity index (χ2v) is 3.60. The number of ether oxygens (including phenoxy) is 1. The van der Waals surface area contributed by atoms with Crippen LogP contribution in [0.15, 0.2) is 18.2 Å². The van der Waals surface area contributed by atoms with Crippen LogP contribution in [0.2, 0.25) is 0 Å². The third kappa shape index (κ3) is 1.97. The summed E-state index contributed by atoms with van der Waals surface area (Å²) in [6.45, 7) is 0. The molecule has 14 heavy (non-hydrogen) atoms. The van der Waals surface area contributed by atoms with E-state index in [0.717, 1.165) is 18.5 Å². The van der Waals surface area contributed by atoms with Crippen molar-refractivity contribution in [1.82, 2.24) is 0 Å². The fourth-order valence-corrected chi connectivity index (χ4v) is 1.46. The van der Waals surface area contributed by atoms with E-state index >= 15 is 0 Å². The number of nitrogens with one attached hydrogen (secondary N) is 1. The molecule has 0 atom stereocenters. The van der Waals surface area contributed by atoms with Gasteiger partial charge in [0.1, 0.15) is 11.6 Å². The van der Waals surface area contributed by atoms with Crippen molar-refractivity contribution in [2.75, 3.05) is 12.4 Å². The molecule has 1 fully saturated rings. The molecule has 0 heterocycles. The first-order valence-electron chi connectivity index (χ1n) is 4.93. The zero-order valence-corrected chi connectivity index (χ0v) is 8.22. The molecule has 0 bridgehead atoms. The lowest BCUT2D eigenvalue weighted by Crippen LogP contribution is -2.24. The van der Waals surface area contributed by atoms with Gasteiger partial charge in [-0.25, -0.2) is 4.39 Å². The standard InChI is InChI=1S/C11H14FNO/c1-13-9-5-8(12)6-11(7-9)14-10-3-2-4-10/h5-7,10,13H,2-4H2,1H3. The molecule has 1 aromatic rings. The largest absolute Gasteiger partial charge is 0.490 e. The predicted molar refractivity (Wildman–Crippen MR) is 54.2 cm³/mol. The molecule has 2 nitrogen and oxygen atoms in total. The van der Waals surface area contributed by atoms with Gasteiger partial charge < -0.3 is 10.1 Å². The molecule has 0 amide bonds. The lowest BCUT2D eigenvalue weighted by molar-refractivity contribution is 0.120. The summed E-state index contributed by atoms with van der Waals surface area (Å²) in [6.07, 6.45) is 3.69. The van der Waals surface area contributed by atoms with Crippen molar-refractivity contribution in [3.05, 3.63) is 24.0 Å². The number of benzene rings is 1. The Kier molecular flexibility index (Phi) is 2.57. The maximum atomic E-state index is 13.1. The van der Waals surface area contributed by atoms with E-state index in [4.69, 9.17) is 4.74 Å². The van der Waals surface area contributed by atoms with Crippen LogP contribution < -0.4 is 10.1 Å². The zero-order chi connectivity index (χ0) is 9.97. The molecule has 1 N–H and O–H groups in total. The molecule has 0 aliphatic heterocycles. The summed E-state index contributed by atoms with van der Waals surface area (Å²) in [5, 5.41) is 2.90. The van der Waals surface area contributed by atoms with Crippen LogP contribution in [-0.4, -0.2) is 13.2 Å². The van der Waals surface area contributed by atoms with Gasteiger partial charge in [-0.2, -0.15) is 0 Å². The molecular formula is C11H14FNO. The molecule has 0 saturated heterocycles. The molecule has 1 aliphatic carbocycles. The topological polar surface area (TPSA) is 21.3 Å². The highest BCUT2D eigenvalue weighted by Gasteiger charge is 2.19. The fourth-order valence-electron chi connectivity index (χ4n) is 1.46. The molecule has 1 aromatic carbocycles. The second-order valence-electron chi connectivity index (χ2n) is 3.60. The fraction of sp³-hybridized carbons (Fsp3) is 0.455. The minimum atomic E-state index is -0.258. The summed E-state index contributed by atoms with van der Waals surface area (Å²) < 4.78 is 18.7. The molecule has 1 saturated carbocycles. The Balaban J connectivity index is 2.11. The molecule has 3 heteroatoms. The second kappa shape index (κ2) is 3.86. The molecule has 0 spiro atoms. The molecule has 1 aliphatic rings. The van der Waals surface area contributed by atoms with Crippen LogP contribution >= 0.6 is 0 Å². The van der Waals surface area contributed by atoms with Crippen molar-refractivity contribution in [2.24, 2.45) is 0 Å². The van der Waals surface area contributed by atoms with E-state index in [1.54, 1.807) is 7.05 Å². The van der Waals surface area contributed by atoms with Crippen molar-refractivity contribution >= 4 is 5.69 Å². The Bertz CT molecular complexity index is 323. The third-order valence-corrected chi connectivity index (χ3v) is 2.51. The van der Waals surface area contributed by atoms with Crippen molar-refractivity contribution in [2.45, 2.75) is 25.4 Å². The molecule has 0 aromatic heterocycles. The van der Waals surface area contributed by atoms with E-state index in [9.17, 15) is 4.39 Å². The summed E-state index contributed by atoms with van der Waals surface area (Å²) in [5.74, 6) is 0.366. The molecule has 76 valence electrons. The minimum absolute atomic E-state index is 0.258. The Labute approximate surface area is 83.1 Å². The third-order valence-electron chi connectivity index (χ3n) is 2.51. The van der Waals surface area contributed by atoms with E-state index in [1.807, 2.05) is 6.07 Å². The van der Waals surface area contributed by atoms with E-state index in [0.29, 0.717) is 11.9 Å². The maximum absolute atomic E-state index is 13.1. The van der Waals surface area contributed by atoms with Crippen LogP contribution in [-0.2, 0) is 0 Å². The van der Waals surface area contributed by atoms with Crippen molar-refractivity contribution in [3.8, 4) is 5.75 Å². The summed E-state index contributed by atoms with van der Waals surface area (Å²) >= 11 is 0. The van der Waals surface area contributed by atoms with Crippen LogP contribution in [0.4, 0.5) is 10.1 Å². The minimum Gasteiger partial charge on any atom is -0.490 e. The van der Waals surface area contributed by atoms with Crippen LogP contribution in [0.1, 0.15) is 19.3 Å². The van der Waals surface area contributed by atoms with E-state index < -0.39 is 0 Å². The Hall–Kier alpha value is -1.25. The van der Waals surface area contributed by atoms with E-state index in [2.05, 4.69) is 5.32 Å². The highest BCUT2D eigenvalue weighted by atomic mass is 19.1. The lowest BCUT2D eigenvalue weighted by atomic mass is 9.96. The quantitative estimate of drug-likeness (QED) is 0.800. The van der Waals surface area contributed by atoms with Crippen LogP contribution in [0.25, 0.3) is 0 Å². The number of hydrogen-bond donors (Lipinski definition) is 1. The summed E-state index contributed by atoms with van der Waals surface area (Å²) in [4.78, 5) is 0. The van der Waals surface area contributed by atoms with Crippen molar-refractivity contribution in [3.63, 3.8) is 0 Å².